The van der Waals surface area contributed by atoms with E-state index in [2.05, 4.69) is 170 Å². The quantitative estimate of drug-likeness (QED) is 0.101. The molecule has 0 amide bonds. The van der Waals surface area contributed by atoms with Crippen molar-refractivity contribution in [2.75, 3.05) is 0 Å². The van der Waals surface area contributed by atoms with E-state index >= 15 is 0 Å². The van der Waals surface area contributed by atoms with E-state index in [1.54, 1.807) is 4.57 Å². The van der Waals surface area contributed by atoms with Crippen LogP contribution in [0.5, 0.6) is 0 Å². The van der Waals surface area contributed by atoms with Crippen LogP contribution in [0.25, 0.3) is 27.5 Å². The maximum absolute atomic E-state index is 9.68. The minimum absolute atomic E-state index is 0.113. The molecule has 3 heteroatoms. The fourth-order valence-corrected chi connectivity index (χ4v) is 19.1. The van der Waals surface area contributed by atoms with Gasteiger partial charge in [-0.15, -0.1) is 0 Å². The molecule has 0 fully saturated rings. The Kier molecular flexibility index (Phi) is 7.36. The highest BCUT2D eigenvalue weighted by Gasteiger charge is 2.43. The van der Waals surface area contributed by atoms with Crippen molar-refractivity contribution in [1.82, 2.24) is 4.57 Å². The van der Waals surface area contributed by atoms with Crippen molar-refractivity contribution in [3.05, 3.63) is 248 Å². The van der Waals surface area contributed by atoms with Gasteiger partial charge in [0.1, 0.15) is 0 Å². The van der Waals surface area contributed by atoms with Crippen LogP contribution in [0.1, 0.15) is 39.9 Å². The topological polar surface area (TPSA) is 4.93 Å². The summed E-state index contributed by atoms with van der Waals surface area (Å²) in [6.07, 6.45) is 0. The third-order valence-electron chi connectivity index (χ3n) is 12.2. The molecule has 1 nitrogen and oxygen atoms in total. The van der Waals surface area contributed by atoms with Gasteiger partial charge in [-0.1, -0.05) is 239 Å². The van der Waals surface area contributed by atoms with Crippen molar-refractivity contribution >= 4 is 79.4 Å². The van der Waals surface area contributed by atoms with Crippen molar-refractivity contribution in [2.24, 2.45) is 0 Å². The Morgan fingerprint density at radius 2 is 0.672 bits per heavy atom. The maximum Gasteiger partial charge on any atom is 0.179 e. The number of nitrogens with zero attached hydrogens (tertiary/aromatic N) is 1. The van der Waals surface area contributed by atoms with Crippen LogP contribution in [-0.2, 0) is 5.41 Å². The highest BCUT2D eigenvalue weighted by atomic mass is 28.3. The summed E-state index contributed by atoms with van der Waals surface area (Å²) in [7, 11) is -6.26. The predicted molar refractivity (Wildman–Crippen MR) is 267 cm³/mol. The molecule has 10 rings (SSSR count). The Bertz CT molecular complexity index is 3130. The number of fused-ring (bicyclic) bond motifs is 3. The third kappa shape index (κ3) is 6.44. The first-order valence-corrected chi connectivity index (χ1v) is 24.6. The average molecular weight is 826 g/mol. The fraction of sp³-hybridized carbons (Fsp3) is 0.0690. The smallest absolute Gasteiger partial charge is 0.179 e. The minimum Gasteiger partial charge on any atom is -0.309 e. The number of benzene rings is 9. The van der Waals surface area contributed by atoms with E-state index in [1.807, 2.05) is 48.5 Å². The van der Waals surface area contributed by atoms with Crippen LogP contribution in [-0.4, -0.2) is 20.7 Å². The van der Waals surface area contributed by atoms with E-state index in [0.29, 0.717) is 11.0 Å². The lowest BCUT2D eigenvalue weighted by Crippen LogP contribution is -2.74. The van der Waals surface area contributed by atoms with E-state index in [1.165, 1.54) is 31.1 Å². The summed E-state index contributed by atoms with van der Waals surface area (Å²) in [5, 5.41) is 10.8. The lowest BCUT2D eigenvalue weighted by Gasteiger charge is -2.34. The summed E-state index contributed by atoms with van der Waals surface area (Å²) in [5.41, 5.74) is -2.29. The molecule has 9 aromatic carbocycles. The second-order valence-electron chi connectivity index (χ2n) is 15.8. The van der Waals surface area contributed by atoms with E-state index in [9.17, 15) is 5.48 Å². The summed E-state index contributed by atoms with van der Waals surface area (Å²) in [6.45, 7) is -5.42. The van der Waals surface area contributed by atoms with Gasteiger partial charge in [-0.25, -0.2) is 0 Å². The SMILES string of the molecule is [2H]c1c([2H])c(C(C)(C([2H])([2H])[2H])C([2H])([2H])[2H])c([2H])c([2H])c1-n1c2ccc([Si](c3ccccc3)(c3ccccc3)c3ccccc3)cc2c2cc([Si](c3ccccc3)(c3ccccc3)c3ccccc3)ccc21. The van der Waals surface area contributed by atoms with Gasteiger partial charge in [0.05, 0.1) is 16.5 Å². The first-order chi connectivity index (χ1) is 34.1. The highest BCUT2D eigenvalue weighted by Crippen LogP contribution is 2.33. The van der Waals surface area contributed by atoms with Crippen molar-refractivity contribution in [3.8, 4) is 5.69 Å². The van der Waals surface area contributed by atoms with Gasteiger partial charge in [0.2, 0.25) is 0 Å². The molecule has 10 aromatic rings. The Hall–Kier alpha value is -6.79. The number of aromatic nitrogens is 1. The number of hydrogen-bond acceptors (Lipinski definition) is 0. The van der Waals surface area contributed by atoms with E-state index in [0.717, 1.165) is 28.1 Å². The molecule has 0 unspecified atom stereocenters. The third-order valence-corrected chi connectivity index (χ3v) is 21.8. The van der Waals surface area contributed by atoms with Gasteiger partial charge in [0.25, 0.3) is 0 Å². The van der Waals surface area contributed by atoms with Crippen LogP contribution >= 0.6 is 0 Å². The first kappa shape index (κ1) is 28.6. The Balaban J connectivity index is 1.38. The zero-order valence-corrected chi connectivity index (χ0v) is 35.7. The molecule has 0 aliphatic rings. The van der Waals surface area contributed by atoms with E-state index in [-0.39, 0.29) is 5.69 Å². The molecule has 0 saturated carbocycles. The molecule has 0 spiro atoms. The van der Waals surface area contributed by atoms with Crippen molar-refractivity contribution < 1.29 is 13.7 Å². The molecule has 1 aromatic heterocycles. The molecule has 0 saturated heterocycles. The monoisotopic (exact) mass is 825 g/mol. The summed E-state index contributed by atoms with van der Waals surface area (Å²) >= 11 is 0. The van der Waals surface area contributed by atoms with Crippen molar-refractivity contribution in [2.45, 2.75) is 26.0 Å². The Morgan fingerprint density at radius 1 is 0.377 bits per heavy atom. The summed E-state index contributed by atoms with van der Waals surface area (Å²) < 4.78 is 90.5. The van der Waals surface area contributed by atoms with Crippen LogP contribution in [0.15, 0.2) is 243 Å². The lowest BCUT2D eigenvalue weighted by molar-refractivity contribution is 0.590. The van der Waals surface area contributed by atoms with Crippen LogP contribution in [0.2, 0.25) is 0 Å². The Labute approximate surface area is 376 Å². The van der Waals surface area contributed by atoms with Gasteiger partial charge in [0, 0.05) is 24.7 Å². The molecular formula is C58H49NSi2. The van der Waals surface area contributed by atoms with Crippen LogP contribution in [0.4, 0.5) is 0 Å². The molecular weight excluding hydrogens is 767 g/mol. The zero-order valence-electron chi connectivity index (χ0n) is 43.7. The second kappa shape index (κ2) is 15.7. The normalized spacial score (nSPS) is 15.0. The van der Waals surface area contributed by atoms with Crippen molar-refractivity contribution in [1.29, 1.82) is 0 Å². The van der Waals surface area contributed by atoms with Gasteiger partial charge in [-0.3, -0.25) is 0 Å². The van der Waals surface area contributed by atoms with Gasteiger partial charge in [0.15, 0.2) is 16.1 Å². The molecule has 0 aliphatic carbocycles. The summed E-state index contributed by atoms with van der Waals surface area (Å²) in [6, 6.07) is 73.8. The van der Waals surface area contributed by atoms with E-state index in [4.69, 9.17) is 8.22 Å². The predicted octanol–water partition coefficient (Wildman–Crippen LogP) is 8.84. The Morgan fingerprint density at radius 3 is 0.951 bits per heavy atom. The molecule has 0 radical (unpaired) electrons. The zero-order chi connectivity index (χ0) is 49.9. The van der Waals surface area contributed by atoms with Crippen LogP contribution in [0.3, 0.4) is 0 Å². The standard InChI is InChI=1S/C58H49NSi2/c1-58(2,3)44-34-36-45(37-35-44)59-56-40-38-52(60(46-22-10-4-11-23-46,47-24-12-5-13-25-47)48-26-14-6-15-27-48)42-54(56)55-43-53(39-41-57(55)59)61(49-28-16-7-17-29-49,50-30-18-8-19-31-50)51-32-20-9-21-33-51/h4-43H,1-3H3/i1D3,2D3,34D,35D,36D,37D. The van der Waals surface area contributed by atoms with Crippen LogP contribution < -0.4 is 41.5 Å². The second-order valence-corrected chi connectivity index (χ2v) is 23.5. The van der Waals surface area contributed by atoms with Gasteiger partial charge in [-0.05, 0) is 76.7 Å². The lowest BCUT2D eigenvalue weighted by atomic mass is 9.87. The maximum atomic E-state index is 9.68. The largest absolute Gasteiger partial charge is 0.309 e. The van der Waals surface area contributed by atoms with Crippen LogP contribution in [0, 0.1) is 0 Å². The average Bonchev–Trinajstić information content (AvgIpc) is 3.70. The van der Waals surface area contributed by atoms with E-state index < -0.39 is 65.0 Å². The molecule has 0 bridgehead atoms. The molecule has 0 aliphatic heterocycles. The summed E-state index contributed by atoms with van der Waals surface area (Å²) in [4.78, 5) is 0. The van der Waals surface area contributed by atoms with Gasteiger partial charge in [-0.2, -0.15) is 0 Å². The number of hydrogen-bond donors (Lipinski definition) is 0. The minimum atomic E-state index is -3.21. The summed E-state index contributed by atoms with van der Waals surface area (Å²) in [5.74, 6) is 0. The molecule has 0 N–H and O–H groups in total. The molecule has 294 valence electrons. The molecule has 61 heavy (non-hydrogen) atoms. The first-order valence-electron chi connectivity index (χ1n) is 25.6. The molecule has 0 atom stereocenters. The van der Waals surface area contributed by atoms with Gasteiger partial charge < -0.3 is 4.57 Å². The fourth-order valence-electron chi connectivity index (χ4n) is 9.53. The van der Waals surface area contributed by atoms with Crippen molar-refractivity contribution in [3.63, 3.8) is 0 Å². The van der Waals surface area contributed by atoms with Gasteiger partial charge >= 0.3 is 0 Å². The number of rotatable bonds is 9. The molecule has 1 heterocycles. The highest BCUT2D eigenvalue weighted by molar-refractivity contribution is 7.20.